The van der Waals surface area contributed by atoms with Crippen LogP contribution in [0.5, 0.6) is 0 Å². The van der Waals surface area contributed by atoms with Crippen molar-refractivity contribution in [3.8, 4) is 0 Å². The maximum absolute atomic E-state index is 12.3. The molecule has 2 aliphatic heterocycles. The number of carbonyl (C=O) groups is 2. The topological polar surface area (TPSA) is 65.8 Å². The first-order chi connectivity index (χ1) is 10.2. The van der Waals surface area contributed by atoms with Gasteiger partial charge in [-0.15, -0.1) is 0 Å². The van der Waals surface area contributed by atoms with E-state index in [9.17, 15) is 9.59 Å². The lowest BCUT2D eigenvalue weighted by Gasteiger charge is -2.33. The van der Waals surface area contributed by atoms with Crippen LogP contribution in [0.2, 0.25) is 0 Å². The summed E-state index contributed by atoms with van der Waals surface area (Å²) in [5.74, 6) is 1.13. The molecule has 0 unspecified atom stereocenters. The monoisotopic (exact) mass is 291 g/mol. The molecular formula is C15H21N3O3. The van der Waals surface area contributed by atoms with E-state index in [1.54, 1.807) is 13.1 Å². The van der Waals surface area contributed by atoms with E-state index >= 15 is 0 Å². The molecular weight excluding hydrogens is 270 g/mol. The molecule has 2 aliphatic rings. The standard InChI is InChI=1S/C15H21N3O3/c1-16-14(19)9-17-4-2-11-7-18(8-13(11)6-17)15(20)12-3-5-21-10-12/h3,5,10-11,13H,2,4,6-9H2,1H3,(H,16,19)/t11-,13+/m0/s1. The molecule has 6 nitrogen and oxygen atoms in total. The first-order valence-electron chi connectivity index (χ1n) is 7.41. The van der Waals surface area contributed by atoms with E-state index in [0.29, 0.717) is 23.9 Å². The minimum absolute atomic E-state index is 0.0519. The first-order valence-corrected chi connectivity index (χ1v) is 7.41. The Bertz CT molecular complexity index is 514. The third-order valence-electron chi connectivity index (χ3n) is 4.59. The van der Waals surface area contributed by atoms with Gasteiger partial charge in [-0.05, 0) is 30.9 Å². The van der Waals surface area contributed by atoms with Crippen LogP contribution in [0.3, 0.4) is 0 Å². The van der Waals surface area contributed by atoms with E-state index in [-0.39, 0.29) is 11.8 Å². The molecule has 2 amide bonds. The van der Waals surface area contributed by atoms with Crippen LogP contribution in [0.1, 0.15) is 16.8 Å². The average Bonchev–Trinajstić information content (AvgIpc) is 3.15. The van der Waals surface area contributed by atoms with E-state index in [2.05, 4.69) is 10.2 Å². The van der Waals surface area contributed by atoms with Crippen LogP contribution in [0.25, 0.3) is 0 Å². The van der Waals surface area contributed by atoms with Crippen LogP contribution in [-0.4, -0.2) is 61.4 Å². The highest BCUT2D eigenvalue weighted by atomic mass is 16.3. The summed E-state index contributed by atoms with van der Waals surface area (Å²) >= 11 is 0. The molecule has 1 aromatic heterocycles. The van der Waals surface area contributed by atoms with E-state index in [1.807, 2.05) is 4.90 Å². The Morgan fingerprint density at radius 3 is 2.86 bits per heavy atom. The fraction of sp³-hybridized carbons (Fsp3) is 0.600. The molecule has 0 bridgehead atoms. The van der Waals surface area contributed by atoms with Crippen molar-refractivity contribution in [3.63, 3.8) is 0 Å². The molecule has 2 saturated heterocycles. The lowest BCUT2D eigenvalue weighted by Crippen LogP contribution is -2.44. The summed E-state index contributed by atoms with van der Waals surface area (Å²) in [5, 5.41) is 2.66. The number of amides is 2. The van der Waals surface area contributed by atoms with Crippen LogP contribution in [0, 0.1) is 11.8 Å². The lowest BCUT2D eigenvalue weighted by molar-refractivity contribution is -0.122. The smallest absolute Gasteiger partial charge is 0.257 e. The molecule has 0 spiro atoms. The second-order valence-electron chi connectivity index (χ2n) is 5.94. The first kappa shape index (κ1) is 14.1. The Labute approximate surface area is 124 Å². The zero-order valence-electron chi connectivity index (χ0n) is 12.2. The largest absolute Gasteiger partial charge is 0.472 e. The normalized spacial score (nSPS) is 25.7. The minimum atomic E-state index is 0.0519. The number of hydrogen-bond donors (Lipinski definition) is 1. The van der Waals surface area contributed by atoms with Gasteiger partial charge < -0.3 is 14.6 Å². The Balaban J connectivity index is 1.59. The lowest BCUT2D eigenvalue weighted by atomic mass is 9.89. The Hall–Kier alpha value is -1.82. The molecule has 0 aromatic carbocycles. The third-order valence-corrected chi connectivity index (χ3v) is 4.59. The van der Waals surface area contributed by atoms with Crippen LogP contribution >= 0.6 is 0 Å². The summed E-state index contributed by atoms with van der Waals surface area (Å²) in [5.41, 5.74) is 0.621. The van der Waals surface area contributed by atoms with Crippen molar-refractivity contribution in [1.29, 1.82) is 0 Å². The molecule has 2 atom stereocenters. The van der Waals surface area contributed by atoms with Crippen LogP contribution in [0.15, 0.2) is 23.0 Å². The number of furan rings is 1. The molecule has 0 aliphatic carbocycles. The molecule has 6 heteroatoms. The summed E-state index contributed by atoms with van der Waals surface area (Å²) in [4.78, 5) is 27.9. The minimum Gasteiger partial charge on any atom is -0.472 e. The maximum atomic E-state index is 12.3. The fourth-order valence-corrected chi connectivity index (χ4v) is 3.40. The van der Waals surface area contributed by atoms with Crippen molar-refractivity contribution >= 4 is 11.8 Å². The van der Waals surface area contributed by atoms with E-state index < -0.39 is 0 Å². The Kier molecular flexibility index (Phi) is 3.96. The molecule has 114 valence electrons. The number of carbonyl (C=O) groups excluding carboxylic acids is 2. The molecule has 21 heavy (non-hydrogen) atoms. The van der Waals surface area contributed by atoms with Crippen molar-refractivity contribution in [2.24, 2.45) is 11.8 Å². The second-order valence-corrected chi connectivity index (χ2v) is 5.94. The van der Waals surface area contributed by atoms with Gasteiger partial charge >= 0.3 is 0 Å². The number of rotatable bonds is 3. The summed E-state index contributed by atoms with van der Waals surface area (Å²) < 4.78 is 4.99. The van der Waals surface area contributed by atoms with Crippen molar-refractivity contribution in [2.75, 3.05) is 39.8 Å². The van der Waals surface area contributed by atoms with Crippen molar-refractivity contribution in [2.45, 2.75) is 6.42 Å². The van der Waals surface area contributed by atoms with Gasteiger partial charge in [-0.2, -0.15) is 0 Å². The summed E-state index contributed by atoms with van der Waals surface area (Å²) in [6.45, 7) is 3.88. The zero-order chi connectivity index (χ0) is 14.8. The highest BCUT2D eigenvalue weighted by molar-refractivity contribution is 5.94. The van der Waals surface area contributed by atoms with Crippen molar-refractivity contribution in [1.82, 2.24) is 15.1 Å². The maximum Gasteiger partial charge on any atom is 0.257 e. The molecule has 0 saturated carbocycles. The SMILES string of the molecule is CNC(=O)CN1CC[C@H]2CN(C(=O)c3ccoc3)C[C@H]2C1. The van der Waals surface area contributed by atoms with E-state index in [4.69, 9.17) is 4.42 Å². The Morgan fingerprint density at radius 2 is 2.14 bits per heavy atom. The van der Waals surface area contributed by atoms with Gasteiger partial charge in [-0.1, -0.05) is 0 Å². The van der Waals surface area contributed by atoms with Gasteiger partial charge in [0.2, 0.25) is 5.91 Å². The van der Waals surface area contributed by atoms with Crippen molar-refractivity contribution < 1.29 is 14.0 Å². The number of likely N-dealkylation sites (N-methyl/N-ethyl adjacent to an activating group) is 1. The highest BCUT2D eigenvalue weighted by Crippen LogP contribution is 2.31. The van der Waals surface area contributed by atoms with Crippen LogP contribution in [-0.2, 0) is 4.79 Å². The van der Waals surface area contributed by atoms with Gasteiger partial charge in [0.1, 0.15) is 6.26 Å². The van der Waals surface area contributed by atoms with Crippen LogP contribution < -0.4 is 5.32 Å². The summed E-state index contributed by atoms with van der Waals surface area (Å²) in [6.07, 6.45) is 4.08. The summed E-state index contributed by atoms with van der Waals surface area (Å²) in [6, 6.07) is 1.71. The highest BCUT2D eigenvalue weighted by Gasteiger charge is 2.39. The van der Waals surface area contributed by atoms with Gasteiger partial charge in [0.25, 0.3) is 5.91 Å². The number of nitrogens with one attached hydrogen (secondary N) is 1. The quantitative estimate of drug-likeness (QED) is 0.876. The molecule has 3 rings (SSSR count). The van der Waals surface area contributed by atoms with E-state index in [1.165, 1.54) is 12.5 Å². The number of hydrogen-bond acceptors (Lipinski definition) is 4. The number of likely N-dealkylation sites (tertiary alicyclic amines) is 2. The molecule has 3 heterocycles. The van der Waals surface area contributed by atoms with Gasteiger partial charge in [-0.3, -0.25) is 14.5 Å². The number of piperidine rings is 1. The Morgan fingerprint density at radius 1 is 1.33 bits per heavy atom. The predicted octanol–water partition coefficient (Wildman–Crippen LogP) is 0.420. The van der Waals surface area contributed by atoms with Gasteiger partial charge in [-0.25, -0.2) is 0 Å². The fourth-order valence-electron chi connectivity index (χ4n) is 3.40. The van der Waals surface area contributed by atoms with Gasteiger partial charge in [0.05, 0.1) is 18.4 Å². The van der Waals surface area contributed by atoms with Crippen LogP contribution in [0.4, 0.5) is 0 Å². The van der Waals surface area contributed by atoms with Gasteiger partial charge in [0, 0.05) is 26.7 Å². The molecule has 2 fully saturated rings. The predicted molar refractivity (Wildman–Crippen MR) is 76.7 cm³/mol. The molecule has 1 N–H and O–H groups in total. The average molecular weight is 291 g/mol. The third kappa shape index (κ3) is 2.95. The molecule has 0 radical (unpaired) electrons. The summed E-state index contributed by atoms with van der Waals surface area (Å²) in [7, 11) is 1.66. The number of fused-ring (bicyclic) bond motifs is 1. The van der Waals surface area contributed by atoms with Gasteiger partial charge in [0.15, 0.2) is 0 Å². The van der Waals surface area contributed by atoms with E-state index in [0.717, 1.165) is 32.6 Å². The molecule has 1 aromatic rings. The zero-order valence-corrected chi connectivity index (χ0v) is 12.2. The number of nitrogens with zero attached hydrogens (tertiary/aromatic N) is 2. The van der Waals surface area contributed by atoms with Crippen molar-refractivity contribution in [3.05, 3.63) is 24.2 Å². The second kappa shape index (κ2) is 5.89.